The Morgan fingerprint density at radius 2 is 2.00 bits per heavy atom. The van der Waals surface area contributed by atoms with Crippen molar-refractivity contribution in [2.24, 2.45) is 0 Å². The minimum Gasteiger partial charge on any atom is -0.489 e. The van der Waals surface area contributed by atoms with E-state index in [9.17, 15) is 0 Å². The van der Waals surface area contributed by atoms with Crippen LogP contribution in [0.4, 0.5) is 5.82 Å². The van der Waals surface area contributed by atoms with Crippen molar-refractivity contribution in [2.45, 2.75) is 32.8 Å². The van der Waals surface area contributed by atoms with Gasteiger partial charge in [-0.1, -0.05) is 0 Å². The van der Waals surface area contributed by atoms with Gasteiger partial charge in [0.15, 0.2) is 0 Å². The number of methoxy groups -OCH3 is 1. The molecular weight excluding hydrogens is 330 g/mol. The molecule has 0 aliphatic carbocycles. The van der Waals surface area contributed by atoms with Gasteiger partial charge in [-0.25, -0.2) is 9.97 Å². The van der Waals surface area contributed by atoms with Crippen LogP contribution in [0, 0.1) is 13.8 Å². The molecule has 4 rings (SSSR count). The van der Waals surface area contributed by atoms with E-state index in [1.807, 2.05) is 19.1 Å². The highest BCUT2D eigenvalue weighted by Crippen LogP contribution is 2.29. The fraction of sp³-hybridized carbons (Fsp3) is 0.400. The van der Waals surface area contributed by atoms with E-state index in [0.29, 0.717) is 5.88 Å². The highest BCUT2D eigenvalue weighted by atomic mass is 16.5. The molecule has 0 spiro atoms. The lowest BCUT2D eigenvalue weighted by Crippen LogP contribution is -2.39. The lowest BCUT2D eigenvalue weighted by molar-refractivity contribution is 0.170. The molecule has 26 heavy (non-hydrogen) atoms. The number of aryl methyl sites for hydroxylation is 2. The number of hydrogen-bond acceptors (Lipinski definition) is 6. The molecule has 0 atom stereocenters. The molecule has 0 N–H and O–H groups in total. The van der Waals surface area contributed by atoms with E-state index in [1.165, 1.54) is 5.56 Å². The maximum absolute atomic E-state index is 6.07. The van der Waals surface area contributed by atoms with Gasteiger partial charge in [0.2, 0.25) is 5.88 Å². The quantitative estimate of drug-likeness (QED) is 0.709. The molecular formula is C20H23N3O3. The lowest BCUT2D eigenvalue weighted by atomic mass is 10.1. The average Bonchev–Trinajstić information content (AvgIpc) is 3.02. The zero-order valence-electron chi connectivity index (χ0n) is 15.4. The molecule has 1 fully saturated rings. The van der Waals surface area contributed by atoms with Crippen LogP contribution in [0.1, 0.15) is 24.2 Å². The van der Waals surface area contributed by atoms with E-state index >= 15 is 0 Å². The van der Waals surface area contributed by atoms with Crippen molar-refractivity contribution >= 4 is 16.7 Å². The molecule has 4 heterocycles. The van der Waals surface area contributed by atoms with Gasteiger partial charge in [-0.15, -0.1) is 0 Å². The van der Waals surface area contributed by atoms with Crippen molar-refractivity contribution in [3.63, 3.8) is 0 Å². The topological polar surface area (TPSA) is 60.6 Å². The van der Waals surface area contributed by atoms with Gasteiger partial charge < -0.3 is 18.8 Å². The second kappa shape index (κ2) is 6.86. The first-order valence-electron chi connectivity index (χ1n) is 8.91. The number of piperidine rings is 1. The Morgan fingerprint density at radius 1 is 1.19 bits per heavy atom. The summed E-state index contributed by atoms with van der Waals surface area (Å²) >= 11 is 0. The molecule has 1 saturated heterocycles. The van der Waals surface area contributed by atoms with Gasteiger partial charge in [0, 0.05) is 37.4 Å². The first-order valence-corrected chi connectivity index (χ1v) is 8.91. The number of anilines is 1. The minimum atomic E-state index is 0.196. The van der Waals surface area contributed by atoms with Crippen LogP contribution < -0.4 is 14.4 Å². The normalized spacial score (nSPS) is 15.4. The number of hydrogen-bond donors (Lipinski definition) is 0. The zero-order chi connectivity index (χ0) is 18.1. The van der Waals surface area contributed by atoms with Crippen LogP contribution in [0.15, 0.2) is 35.1 Å². The van der Waals surface area contributed by atoms with E-state index in [1.54, 1.807) is 19.6 Å². The summed E-state index contributed by atoms with van der Waals surface area (Å²) in [6.45, 7) is 5.90. The maximum atomic E-state index is 6.07. The number of nitrogens with zero attached hydrogens (tertiary/aromatic N) is 3. The SMILES string of the molecule is COc1ccc(OC2CCN(c3nc4c(C)occ4cc3C)CC2)cn1. The standard InChI is InChI=1S/C20H23N3O3/c1-13-10-15-12-25-14(2)19(15)22-20(13)23-8-6-16(7-9-23)26-17-4-5-18(24-3)21-11-17/h4-5,10-12,16H,6-9H2,1-3H3. The van der Waals surface area contributed by atoms with E-state index in [0.717, 1.165) is 54.2 Å². The first-order chi connectivity index (χ1) is 12.6. The fourth-order valence-electron chi connectivity index (χ4n) is 3.46. The lowest BCUT2D eigenvalue weighted by Gasteiger charge is -2.33. The number of fused-ring (bicyclic) bond motifs is 1. The van der Waals surface area contributed by atoms with Gasteiger partial charge >= 0.3 is 0 Å². The Labute approximate surface area is 152 Å². The van der Waals surface area contributed by atoms with Crippen LogP contribution >= 0.6 is 0 Å². The molecule has 0 radical (unpaired) electrons. The third kappa shape index (κ3) is 3.19. The summed E-state index contributed by atoms with van der Waals surface area (Å²) in [6, 6.07) is 5.87. The molecule has 136 valence electrons. The minimum absolute atomic E-state index is 0.196. The molecule has 3 aromatic rings. The third-order valence-corrected chi connectivity index (χ3v) is 4.87. The van der Waals surface area contributed by atoms with Crippen LogP contribution in [-0.4, -0.2) is 36.3 Å². The third-order valence-electron chi connectivity index (χ3n) is 4.87. The second-order valence-corrected chi connectivity index (χ2v) is 6.70. The van der Waals surface area contributed by atoms with Crippen LogP contribution in [0.25, 0.3) is 10.9 Å². The Bertz CT molecular complexity index is 897. The summed E-state index contributed by atoms with van der Waals surface area (Å²) in [5.74, 6) is 3.30. The smallest absolute Gasteiger partial charge is 0.213 e. The highest BCUT2D eigenvalue weighted by molar-refractivity contribution is 5.83. The molecule has 6 heteroatoms. The van der Waals surface area contributed by atoms with Crippen molar-refractivity contribution in [3.05, 3.63) is 42.0 Å². The van der Waals surface area contributed by atoms with Gasteiger partial charge in [0.25, 0.3) is 0 Å². The van der Waals surface area contributed by atoms with E-state index in [4.69, 9.17) is 18.9 Å². The van der Waals surface area contributed by atoms with Crippen molar-refractivity contribution < 1.29 is 13.9 Å². The van der Waals surface area contributed by atoms with E-state index in [2.05, 4.69) is 22.9 Å². The molecule has 0 saturated carbocycles. The summed E-state index contributed by atoms with van der Waals surface area (Å²) in [5.41, 5.74) is 2.13. The Hall–Kier alpha value is -2.76. The monoisotopic (exact) mass is 353 g/mol. The van der Waals surface area contributed by atoms with E-state index < -0.39 is 0 Å². The molecule has 1 aliphatic heterocycles. The number of furan rings is 1. The van der Waals surface area contributed by atoms with Crippen LogP contribution in [0.5, 0.6) is 11.6 Å². The molecule has 6 nitrogen and oxygen atoms in total. The van der Waals surface area contributed by atoms with Gasteiger partial charge in [0.05, 0.1) is 13.3 Å². The first kappa shape index (κ1) is 16.7. The zero-order valence-corrected chi connectivity index (χ0v) is 15.4. The molecule has 0 aromatic carbocycles. The number of aromatic nitrogens is 2. The summed E-state index contributed by atoms with van der Waals surface area (Å²) < 4.78 is 16.6. The maximum Gasteiger partial charge on any atom is 0.213 e. The van der Waals surface area contributed by atoms with Crippen LogP contribution in [0.2, 0.25) is 0 Å². The molecule has 0 amide bonds. The predicted molar refractivity (Wildman–Crippen MR) is 100 cm³/mol. The molecule has 3 aromatic heterocycles. The number of pyridine rings is 2. The molecule has 0 unspecified atom stereocenters. The second-order valence-electron chi connectivity index (χ2n) is 6.70. The van der Waals surface area contributed by atoms with Crippen LogP contribution in [-0.2, 0) is 0 Å². The van der Waals surface area contributed by atoms with Gasteiger partial charge in [-0.2, -0.15) is 0 Å². The number of rotatable bonds is 4. The van der Waals surface area contributed by atoms with Gasteiger partial charge in [-0.3, -0.25) is 0 Å². The average molecular weight is 353 g/mol. The van der Waals surface area contributed by atoms with E-state index in [-0.39, 0.29) is 6.10 Å². The Kier molecular flexibility index (Phi) is 4.41. The number of ether oxygens (including phenoxy) is 2. The summed E-state index contributed by atoms with van der Waals surface area (Å²) in [4.78, 5) is 11.4. The van der Waals surface area contributed by atoms with Gasteiger partial charge in [0.1, 0.15) is 35.2 Å². The molecule has 0 bridgehead atoms. The van der Waals surface area contributed by atoms with Crippen molar-refractivity contribution in [1.29, 1.82) is 0 Å². The Balaban J connectivity index is 1.43. The highest BCUT2D eigenvalue weighted by Gasteiger charge is 2.23. The van der Waals surface area contributed by atoms with Crippen LogP contribution in [0.3, 0.4) is 0 Å². The largest absolute Gasteiger partial charge is 0.489 e. The predicted octanol–water partition coefficient (Wildman–Crippen LogP) is 3.90. The summed E-state index contributed by atoms with van der Waals surface area (Å²) in [6.07, 6.45) is 5.59. The van der Waals surface area contributed by atoms with Crippen molar-refractivity contribution in [2.75, 3.05) is 25.1 Å². The fourth-order valence-corrected chi connectivity index (χ4v) is 3.46. The van der Waals surface area contributed by atoms with Gasteiger partial charge in [-0.05, 0) is 31.5 Å². The molecule has 1 aliphatic rings. The summed E-state index contributed by atoms with van der Waals surface area (Å²) in [5, 5.41) is 1.06. The summed E-state index contributed by atoms with van der Waals surface area (Å²) in [7, 11) is 1.61. The Morgan fingerprint density at radius 3 is 2.69 bits per heavy atom. The van der Waals surface area contributed by atoms with Crippen molar-refractivity contribution in [3.8, 4) is 11.6 Å². The van der Waals surface area contributed by atoms with Crippen molar-refractivity contribution in [1.82, 2.24) is 9.97 Å².